The van der Waals surface area contributed by atoms with E-state index in [2.05, 4.69) is 9.98 Å². The zero-order valence-electron chi connectivity index (χ0n) is 9.04. The Hall–Kier alpha value is -1.57. The second-order valence-electron chi connectivity index (χ2n) is 4.18. The highest BCUT2D eigenvalue weighted by Gasteiger charge is 2.21. The number of aliphatic imine (C=N–C) groups is 1. The van der Waals surface area contributed by atoms with E-state index in [9.17, 15) is 4.79 Å². The summed E-state index contributed by atoms with van der Waals surface area (Å²) in [6.07, 6.45) is 1.59. The van der Waals surface area contributed by atoms with Gasteiger partial charge in [-0.1, -0.05) is 11.6 Å². The first-order valence-corrected chi connectivity index (χ1v) is 5.28. The largest absolute Gasteiger partial charge is 0.356 e. The summed E-state index contributed by atoms with van der Waals surface area (Å²) in [4.78, 5) is 17.3. The van der Waals surface area contributed by atoms with Gasteiger partial charge in [-0.3, -0.25) is 0 Å². The minimum Gasteiger partial charge on any atom is -0.356 e. The van der Waals surface area contributed by atoms with Gasteiger partial charge in [0, 0.05) is 21.6 Å². The quantitative estimate of drug-likeness (QED) is 0.628. The maximum atomic E-state index is 10.3. The number of H-pyrrole nitrogens is 1. The van der Waals surface area contributed by atoms with E-state index in [4.69, 9.17) is 11.6 Å². The van der Waals surface area contributed by atoms with E-state index in [0.717, 1.165) is 16.6 Å². The number of nitrogens with one attached hydrogen (secondary N) is 1. The van der Waals surface area contributed by atoms with Crippen LogP contribution in [0.3, 0.4) is 0 Å². The molecule has 0 amide bonds. The Balaban J connectivity index is 2.59. The van der Waals surface area contributed by atoms with Crippen molar-refractivity contribution in [2.24, 2.45) is 4.99 Å². The first-order valence-electron chi connectivity index (χ1n) is 4.91. The topological polar surface area (TPSA) is 45.2 Å². The standard InChI is InChI=1S/C12H11ClN2O/c1-12(2,14-7-16)11-6-8-5-9(13)3-4-10(8)15-11/h3-6,15H,1-2H3. The lowest BCUT2D eigenvalue weighted by atomic mass is 10.0. The van der Waals surface area contributed by atoms with Crippen molar-refractivity contribution in [1.29, 1.82) is 0 Å². The molecule has 82 valence electrons. The molecule has 0 bridgehead atoms. The minimum absolute atomic E-state index is 0.590. The predicted octanol–water partition coefficient (Wildman–Crippen LogP) is 3.39. The van der Waals surface area contributed by atoms with Crippen molar-refractivity contribution in [3.63, 3.8) is 0 Å². The number of hydrogen-bond donors (Lipinski definition) is 1. The molecule has 0 radical (unpaired) electrons. The number of rotatable bonds is 2. The molecule has 0 saturated carbocycles. The van der Waals surface area contributed by atoms with E-state index >= 15 is 0 Å². The Morgan fingerprint density at radius 1 is 1.38 bits per heavy atom. The smallest absolute Gasteiger partial charge is 0.235 e. The number of aromatic amines is 1. The van der Waals surface area contributed by atoms with Gasteiger partial charge in [0.2, 0.25) is 6.08 Å². The molecule has 1 aromatic carbocycles. The molecule has 0 aliphatic heterocycles. The third kappa shape index (κ3) is 1.87. The predicted molar refractivity (Wildman–Crippen MR) is 64.5 cm³/mol. The van der Waals surface area contributed by atoms with Gasteiger partial charge in [-0.05, 0) is 38.1 Å². The van der Waals surface area contributed by atoms with E-state index in [-0.39, 0.29) is 0 Å². The average Bonchev–Trinajstić information content (AvgIpc) is 2.61. The Bertz CT molecular complexity index is 580. The molecule has 3 nitrogen and oxygen atoms in total. The molecule has 1 heterocycles. The van der Waals surface area contributed by atoms with Crippen LogP contribution in [0.4, 0.5) is 0 Å². The summed E-state index contributed by atoms with van der Waals surface area (Å²) in [5, 5.41) is 1.70. The SMILES string of the molecule is CC(C)(N=C=O)c1cc2cc(Cl)ccc2[nH]1. The lowest BCUT2D eigenvalue weighted by molar-refractivity contribution is 0.515. The molecule has 0 unspecified atom stereocenters. The molecule has 0 spiro atoms. The summed E-state index contributed by atoms with van der Waals surface area (Å²) in [7, 11) is 0. The normalized spacial score (nSPS) is 11.4. The summed E-state index contributed by atoms with van der Waals surface area (Å²) in [6.45, 7) is 3.70. The zero-order chi connectivity index (χ0) is 11.8. The molecule has 0 saturated heterocycles. The average molecular weight is 235 g/mol. The van der Waals surface area contributed by atoms with Crippen LogP contribution >= 0.6 is 11.6 Å². The van der Waals surface area contributed by atoms with Crippen LogP contribution in [0, 0.1) is 0 Å². The summed E-state index contributed by atoms with van der Waals surface area (Å²) < 4.78 is 0. The molecule has 2 rings (SSSR count). The fraction of sp³-hybridized carbons (Fsp3) is 0.250. The van der Waals surface area contributed by atoms with Crippen LogP contribution in [0.5, 0.6) is 0 Å². The van der Waals surface area contributed by atoms with Crippen LogP contribution in [0.25, 0.3) is 10.9 Å². The minimum atomic E-state index is -0.590. The molecule has 1 N–H and O–H groups in total. The van der Waals surface area contributed by atoms with Gasteiger partial charge < -0.3 is 4.98 Å². The van der Waals surface area contributed by atoms with Gasteiger partial charge in [-0.2, -0.15) is 4.99 Å². The number of isocyanates is 1. The van der Waals surface area contributed by atoms with E-state index in [0.29, 0.717) is 5.02 Å². The first kappa shape index (κ1) is 10.9. The highest BCUT2D eigenvalue weighted by atomic mass is 35.5. The number of fused-ring (bicyclic) bond motifs is 1. The molecular formula is C12H11ClN2O. The van der Waals surface area contributed by atoms with Crippen molar-refractivity contribution < 1.29 is 4.79 Å². The van der Waals surface area contributed by atoms with Crippen LogP contribution in [0.1, 0.15) is 19.5 Å². The molecule has 1 aromatic heterocycles. The lowest BCUT2D eigenvalue weighted by Crippen LogP contribution is -2.13. The monoisotopic (exact) mass is 234 g/mol. The molecule has 0 atom stereocenters. The van der Waals surface area contributed by atoms with Crippen LogP contribution < -0.4 is 0 Å². The summed E-state index contributed by atoms with van der Waals surface area (Å²) >= 11 is 5.90. The van der Waals surface area contributed by atoms with Gasteiger partial charge in [-0.15, -0.1) is 0 Å². The first-order chi connectivity index (χ1) is 7.53. The lowest BCUT2D eigenvalue weighted by Gasteiger charge is -2.14. The second kappa shape index (κ2) is 3.78. The maximum Gasteiger partial charge on any atom is 0.235 e. The third-order valence-corrected chi connectivity index (χ3v) is 2.80. The van der Waals surface area contributed by atoms with E-state index in [1.165, 1.54) is 0 Å². The number of benzene rings is 1. The van der Waals surface area contributed by atoms with E-state index in [1.807, 2.05) is 38.1 Å². The highest BCUT2D eigenvalue weighted by molar-refractivity contribution is 6.31. The van der Waals surface area contributed by atoms with Gasteiger partial charge >= 0.3 is 0 Å². The van der Waals surface area contributed by atoms with Crippen LogP contribution in [-0.4, -0.2) is 11.1 Å². The van der Waals surface area contributed by atoms with Crippen molar-refractivity contribution in [1.82, 2.24) is 4.98 Å². The third-order valence-electron chi connectivity index (χ3n) is 2.57. The van der Waals surface area contributed by atoms with Crippen molar-refractivity contribution >= 4 is 28.6 Å². The molecule has 0 aliphatic carbocycles. The van der Waals surface area contributed by atoms with Crippen molar-refractivity contribution in [2.45, 2.75) is 19.4 Å². The zero-order valence-corrected chi connectivity index (χ0v) is 9.80. The Morgan fingerprint density at radius 3 is 2.81 bits per heavy atom. The van der Waals surface area contributed by atoms with E-state index < -0.39 is 5.54 Å². The van der Waals surface area contributed by atoms with Gasteiger partial charge in [0.05, 0.1) is 0 Å². The number of halogens is 1. The van der Waals surface area contributed by atoms with Crippen molar-refractivity contribution in [3.05, 3.63) is 35.0 Å². The molecule has 0 fully saturated rings. The van der Waals surface area contributed by atoms with Crippen LogP contribution in [0.2, 0.25) is 5.02 Å². The van der Waals surface area contributed by atoms with E-state index in [1.54, 1.807) is 6.08 Å². The summed E-state index contributed by atoms with van der Waals surface area (Å²) in [5.41, 5.74) is 1.26. The second-order valence-corrected chi connectivity index (χ2v) is 4.61. The number of carbonyl (C=O) groups excluding carboxylic acids is 1. The van der Waals surface area contributed by atoms with Gasteiger partial charge in [0.15, 0.2) is 0 Å². The highest BCUT2D eigenvalue weighted by Crippen LogP contribution is 2.28. The number of aromatic nitrogens is 1. The molecule has 4 heteroatoms. The van der Waals surface area contributed by atoms with Crippen LogP contribution in [0.15, 0.2) is 29.3 Å². The number of hydrogen-bond acceptors (Lipinski definition) is 2. The molecule has 0 aliphatic rings. The maximum absolute atomic E-state index is 10.3. The van der Waals surface area contributed by atoms with Gasteiger partial charge in [-0.25, -0.2) is 4.79 Å². The Labute approximate surface area is 98.1 Å². The Kier molecular flexibility index (Phi) is 2.58. The van der Waals surface area contributed by atoms with Gasteiger partial charge in [0.1, 0.15) is 5.54 Å². The molecule has 16 heavy (non-hydrogen) atoms. The summed E-state index contributed by atoms with van der Waals surface area (Å²) in [5.74, 6) is 0. The molecule has 2 aromatic rings. The number of nitrogens with zero attached hydrogens (tertiary/aromatic N) is 1. The van der Waals surface area contributed by atoms with Crippen molar-refractivity contribution in [2.75, 3.05) is 0 Å². The Morgan fingerprint density at radius 2 is 2.12 bits per heavy atom. The molecular weight excluding hydrogens is 224 g/mol. The van der Waals surface area contributed by atoms with Crippen LogP contribution in [-0.2, 0) is 10.3 Å². The van der Waals surface area contributed by atoms with Gasteiger partial charge in [0.25, 0.3) is 0 Å². The fourth-order valence-corrected chi connectivity index (χ4v) is 1.79. The van der Waals surface area contributed by atoms with Crippen molar-refractivity contribution in [3.8, 4) is 0 Å². The fourth-order valence-electron chi connectivity index (χ4n) is 1.61. The summed E-state index contributed by atoms with van der Waals surface area (Å²) in [6, 6.07) is 7.54.